The van der Waals surface area contributed by atoms with Crippen LogP contribution in [0.2, 0.25) is 0 Å². The molecule has 0 aromatic carbocycles. The average Bonchev–Trinajstić information content (AvgIpc) is 2.35. The Labute approximate surface area is 108 Å². The predicted molar refractivity (Wildman–Crippen MR) is 75.9 cm³/mol. The van der Waals surface area contributed by atoms with Gasteiger partial charge in [0.1, 0.15) is 0 Å². The molecule has 0 aliphatic heterocycles. The van der Waals surface area contributed by atoms with E-state index in [0.717, 1.165) is 12.8 Å². The second-order valence-electron chi connectivity index (χ2n) is 5.04. The number of halogens is 1. The standard InChI is InChI=1S/C16H31F/c1-2-3-4-5-6-7-8-9-10-11-12-13-14-15-16-17/h15-16H,2-14H2,1H3/b16-15+. The molecule has 0 fully saturated rings. The summed E-state index contributed by atoms with van der Waals surface area (Å²) in [6, 6.07) is 0. The lowest BCUT2D eigenvalue weighted by molar-refractivity contribution is 0.544. The van der Waals surface area contributed by atoms with Gasteiger partial charge in [0.2, 0.25) is 0 Å². The van der Waals surface area contributed by atoms with Gasteiger partial charge in [-0.2, -0.15) is 0 Å². The molecule has 0 radical (unpaired) electrons. The van der Waals surface area contributed by atoms with Crippen molar-refractivity contribution >= 4 is 0 Å². The second-order valence-corrected chi connectivity index (χ2v) is 5.04. The molecule has 0 saturated heterocycles. The van der Waals surface area contributed by atoms with Gasteiger partial charge in [0.25, 0.3) is 0 Å². The van der Waals surface area contributed by atoms with Crippen molar-refractivity contribution in [1.82, 2.24) is 0 Å². The quantitative estimate of drug-likeness (QED) is 0.321. The molecule has 0 unspecified atom stereocenters. The van der Waals surface area contributed by atoms with Crippen molar-refractivity contribution in [3.63, 3.8) is 0 Å². The van der Waals surface area contributed by atoms with Crippen LogP contribution in [0.25, 0.3) is 0 Å². The summed E-state index contributed by atoms with van der Waals surface area (Å²) in [5.74, 6) is 0. The molecule has 0 spiro atoms. The number of allylic oxidation sites excluding steroid dienone is 1. The molecule has 0 atom stereocenters. The van der Waals surface area contributed by atoms with Gasteiger partial charge in [-0.3, -0.25) is 0 Å². The van der Waals surface area contributed by atoms with Crippen LogP contribution in [0.15, 0.2) is 12.4 Å². The Balaban J connectivity index is 2.89. The zero-order chi connectivity index (χ0) is 12.6. The van der Waals surface area contributed by atoms with Crippen LogP contribution in [0, 0.1) is 0 Å². The molecule has 1 heteroatoms. The summed E-state index contributed by atoms with van der Waals surface area (Å²) in [7, 11) is 0. The summed E-state index contributed by atoms with van der Waals surface area (Å²) in [6.45, 7) is 2.27. The Morgan fingerprint density at radius 1 is 0.647 bits per heavy atom. The molecule has 0 bridgehead atoms. The highest BCUT2D eigenvalue weighted by molar-refractivity contribution is 4.71. The third kappa shape index (κ3) is 15.7. The molecular weight excluding hydrogens is 211 g/mol. The van der Waals surface area contributed by atoms with E-state index in [1.807, 2.05) is 0 Å². The van der Waals surface area contributed by atoms with Crippen LogP contribution >= 0.6 is 0 Å². The van der Waals surface area contributed by atoms with E-state index in [1.165, 1.54) is 70.6 Å². The Bertz CT molecular complexity index is 152. The lowest BCUT2D eigenvalue weighted by Gasteiger charge is -2.02. The van der Waals surface area contributed by atoms with Crippen LogP contribution < -0.4 is 0 Å². The molecule has 0 aromatic heterocycles. The second kappa shape index (κ2) is 15.7. The van der Waals surface area contributed by atoms with Gasteiger partial charge in [-0.25, -0.2) is 4.39 Å². The van der Waals surface area contributed by atoms with Crippen molar-refractivity contribution < 1.29 is 4.39 Å². The van der Waals surface area contributed by atoms with E-state index in [9.17, 15) is 4.39 Å². The van der Waals surface area contributed by atoms with Gasteiger partial charge in [0.15, 0.2) is 0 Å². The van der Waals surface area contributed by atoms with E-state index < -0.39 is 0 Å². The van der Waals surface area contributed by atoms with Crippen LogP contribution in [0.3, 0.4) is 0 Å². The molecule has 0 nitrogen and oxygen atoms in total. The largest absolute Gasteiger partial charge is 0.216 e. The third-order valence-electron chi connectivity index (χ3n) is 3.31. The lowest BCUT2D eigenvalue weighted by atomic mass is 10.0. The zero-order valence-corrected chi connectivity index (χ0v) is 11.7. The highest BCUT2D eigenvalue weighted by atomic mass is 19.1. The van der Waals surface area contributed by atoms with Crippen LogP contribution in [0.1, 0.15) is 90.4 Å². The molecule has 0 amide bonds. The van der Waals surface area contributed by atoms with Crippen LogP contribution in [-0.4, -0.2) is 0 Å². The average molecular weight is 242 g/mol. The van der Waals surface area contributed by atoms with Crippen LogP contribution in [0.5, 0.6) is 0 Å². The van der Waals surface area contributed by atoms with Crippen molar-refractivity contribution in [2.45, 2.75) is 90.4 Å². The lowest BCUT2D eigenvalue weighted by Crippen LogP contribution is -1.82. The highest BCUT2D eigenvalue weighted by Gasteiger charge is 1.92. The molecule has 0 aliphatic carbocycles. The zero-order valence-electron chi connectivity index (χ0n) is 11.7. The summed E-state index contributed by atoms with van der Waals surface area (Å²) in [6.07, 6.45) is 19.6. The van der Waals surface area contributed by atoms with Crippen molar-refractivity contribution in [1.29, 1.82) is 0 Å². The maximum atomic E-state index is 11.6. The molecule has 0 rings (SSSR count). The molecule has 0 aliphatic rings. The maximum absolute atomic E-state index is 11.6. The minimum atomic E-state index is 0.665. The summed E-state index contributed by atoms with van der Waals surface area (Å²) in [5.41, 5.74) is 0. The van der Waals surface area contributed by atoms with Crippen molar-refractivity contribution in [2.75, 3.05) is 0 Å². The van der Waals surface area contributed by atoms with E-state index in [0.29, 0.717) is 6.33 Å². The van der Waals surface area contributed by atoms with E-state index in [2.05, 4.69) is 6.92 Å². The van der Waals surface area contributed by atoms with E-state index in [1.54, 1.807) is 6.08 Å². The Hall–Kier alpha value is -0.330. The van der Waals surface area contributed by atoms with Crippen molar-refractivity contribution in [2.24, 2.45) is 0 Å². The fourth-order valence-corrected chi connectivity index (χ4v) is 2.17. The minimum Gasteiger partial charge on any atom is -0.216 e. The minimum absolute atomic E-state index is 0.665. The molecule has 17 heavy (non-hydrogen) atoms. The van der Waals surface area contributed by atoms with Crippen LogP contribution in [0.4, 0.5) is 4.39 Å². The SMILES string of the molecule is CCCCCCCCCCCCCC/C=C/F. The van der Waals surface area contributed by atoms with E-state index in [-0.39, 0.29) is 0 Å². The van der Waals surface area contributed by atoms with Gasteiger partial charge in [-0.05, 0) is 12.8 Å². The van der Waals surface area contributed by atoms with Gasteiger partial charge < -0.3 is 0 Å². The summed E-state index contributed by atoms with van der Waals surface area (Å²) in [4.78, 5) is 0. The number of rotatable bonds is 13. The fraction of sp³-hybridized carbons (Fsp3) is 0.875. The first-order valence-electron chi connectivity index (χ1n) is 7.67. The van der Waals surface area contributed by atoms with Gasteiger partial charge in [0, 0.05) is 0 Å². The topological polar surface area (TPSA) is 0 Å². The molecule has 0 aromatic rings. The van der Waals surface area contributed by atoms with Gasteiger partial charge in [0.05, 0.1) is 6.33 Å². The number of hydrogen-bond donors (Lipinski definition) is 0. The third-order valence-corrected chi connectivity index (χ3v) is 3.31. The fourth-order valence-electron chi connectivity index (χ4n) is 2.17. The number of unbranched alkanes of at least 4 members (excludes halogenated alkanes) is 12. The molecule has 0 heterocycles. The van der Waals surface area contributed by atoms with E-state index in [4.69, 9.17) is 0 Å². The molecule has 0 N–H and O–H groups in total. The first kappa shape index (κ1) is 16.7. The van der Waals surface area contributed by atoms with Gasteiger partial charge >= 0.3 is 0 Å². The summed E-state index contributed by atoms with van der Waals surface area (Å²) < 4.78 is 11.6. The molecule has 0 saturated carbocycles. The van der Waals surface area contributed by atoms with Gasteiger partial charge in [-0.15, -0.1) is 0 Å². The Kier molecular flexibility index (Phi) is 15.4. The first-order chi connectivity index (χ1) is 8.41. The van der Waals surface area contributed by atoms with Gasteiger partial charge in [-0.1, -0.05) is 83.6 Å². The first-order valence-corrected chi connectivity index (χ1v) is 7.67. The number of hydrogen-bond acceptors (Lipinski definition) is 0. The Morgan fingerprint density at radius 3 is 1.47 bits per heavy atom. The summed E-state index contributed by atoms with van der Waals surface area (Å²) >= 11 is 0. The van der Waals surface area contributed by atoms with Crippen molar-refractivity contribution in [3.05, 3.63) is 12.4 Å². The Morgan fingerprint density at radius 2 is 1.06 bits per heavy atom. The maximum Gasteiger partial charge on any atom is 0.0827 e. The monoisotopic (exact) mass is 242 g/mol. The highest BCUT2D eigenvalue weighted by Crippen LogP contribution is 2.12. The van der Waals surface area contributed by atoms with E-state index >= 15 is 0 Å². The van der Waals surface area contributed by atoms with Crippen molar-refractivity contribution in [3.8, 4) is 0 Å². The molecular formula is C16H31F. The smallest absolute Gasteiger partial charge is 0.0827 e. The summed E-state index contributed by atoms with van der Waals surface area (Å²) in [5, 5.41) is 0. The predicted octanol–water partition coefficient (Wildman–Crippen LogP) is 6.56. The normalized spacial score (nSPS) is 11.4. The molecule has 102 valence electrons. The van der Waals surface area contributed by atoms with Crippen LogP contribution in [-0.2, 0) is 0 Å².